The fraction of sp³-hybridized carbons (Fsp3) is 0.571. The van der Waals surface area contributed by atoms with Gasteiger partial charge in [0.25, 0.3) is 0 Å². The molecule has 1 saturated heterocycles. The van der Waals surface area contributed by atoms with Crippen LogP contribution in [-0.2, 0) is 6.54 Å². The lowest BCUT2D eigenvalue weighted by atomic mass is 9.91. The lowest BCUT2D eigenvalue weighted by molar-refractivity contribution is 0.0472. The summed E-state index contributed by atoms with van der Waals surface area (Å²) < 4.78 is 13.1. The minimum absolute atomic E-state index is 0.165. The van der Waals surface area contributed by atoms with E-state index >= 15 is 0 Å². The lowest BCUT2D eigenvalue weighted by Gasteiger charge is -2.39. The summed E-state index contributed by atoms with van der Waals surface area (Å²) in [6.07, 6.45) is 2.30. The van der Waals surface area contributed by atoms with Crippen molar-refractivity contribution in [3.8, 4) is 0 Å². The van der Waals surface area contributed by atoms with Crippen molar-refractivity contribution in [1.29, 1.82) is 0 Å². The topological polar surface area (TPSA) is 23.5 Å². The van der Waals surface area contributed by atoms with Crippen molar-refractivity contribution in [2.75, 3.05) is 13.2 Å². The molecule has 0 spiro atoms. The Balaban J connectivity index is 2.09. The summed E-state index contributed by atoms with van der Waals surface area (Å²) in [5.74, 6) is 0.116. The first-order valence-corrected chi connectivity index (χ1v) is 6.78. The molecule has 0 aliphatic carbocycles. The number of rotatable bonds is 3. The fourth-order valence-electron chi connectivity index (χ4n) is 2.70. The predicted molar refractivity (Wildman–Crippen MR) is 71.1 cm³/mol. The van der Waals surface area contributed by atoms with E-state index in [1.807, 2.05) is 0 Å². The quantitative estimate of drug-likeness (QED) is 0.913. The zero-order valence-electron chi connectivity index (χ0n) is 10.6. The highest BCUT2D eigenvalue weighted by Crippen LogP contribution is 2.25. The van der Waals surface area contributed by atoms with Gasteiger partial charge in [0.2, 0.25) is 0 Å². The van der Waals surface area contributed by atoms with Gasteiger partial charge in [-0.3, -0.25) is 4.90 Å². The maximum absolute atomic E-state index is 13.1. The Bertz CT molecular complexity index is 413. The number of hydrogen-bond donors (Lipinski definition) is 1. The SMILES string of the molecule is CC1CCCN(Cc2ccc(F)c(Cl)c2)C1CO. The second-order valence-corrected chi connectivity index (χ2v) is 5.50. The van der Waals surface area contributed by atoms with E-state index in [0.29, 0.717) is 5.92 Å². The Morgan fingerprint density at radius 2 is 2.28 bits per heavy atom. The average molecular weight is 272 g/mol. The van der Waals surface area contributed by atoms with Crippen molar-refractivity contribution in [3.05, 3.63) is 34.6 Å². The molecule has 2 unspecified atom stereocenters. The van der Waals surface area contributed by atoms with Crippen LogP contribution in [0.3, 0.4) is 0 Å². The molecule has 4 heteroatoms. The highest BCUT2D eigenvalue weighted by molar-refractivity contribution is 6.30. The van der Waals surface area contributed by atoms with Gasteiger partial charge in [0.05, 0.1) is 11.6 Å². The first kappa shape index (κ1) is 13.8. The molecule has 100 valence electrons. The number of nitrogens with zero attached hydrogens (tertiary/aromatic N) is 1. The van der Waals surface area contributed by atoms with E-state index < -0.39 is 0 Å². The Kier molecular flexibility index (Phi) is 4.60. The van der Waals surface area contributed by atoms with E-state index in [1.54, 1.807) is 12.1 Å². The molecule has 1 aliphatic rings. The van der Waals surface area contributed by atoms with Crippen LogP contribution in [0.4, 0.5) is 4.39 Å². The van der Waals surface area contributed by atoms with Crippen LogP contribution in [0.2, 0.25) is 5.02 Å². The average Bonchev–Trinajstić information content (AvgIpc) is 2.34. The summed E-state index contributed by atoms with van der Waals surface area (Å²) in [6.45, 7) is 4.04. The van der Waals surface area contributed by atoms with Gasteiger partial charge in [0.15, 0.2) is 0 Å². The lowest BCUT2D eigenvalue weighted by Crippen LogP contribution is -2.45. The van der Waals surface area contributed by atoms with Gasteiger partial charge in [-0.2, -0.15) is 0 Å². The Hall–Kier alpha value is -0.640. The second-order valence-electron chi connectivity index (χ2n) is 5.09. The largest absolute Gasteiger partial charge is 0.395 e. The van der Waals surface area contributed by atoms with E-state index in [2.05, 4.69) is 11.8 Å². The Labute approximate surface area is 112 Å². The van der Waals surface area contributed by atoms with Crippen molar-refractivity contribution in [2.24, 2.45) is 5.92 Å². The molecular formula is C14H19ClFNO. The summed E-state index contributed by atoms with van der Waals surface area (Å²) in [6, 6.07) is 5.03. The predicted octanol–water partition coefficient (Wildman–Crippen LogP) is 3.07. The fourth-order valence-corrected chi connectivity index (χ4v) is 2.90. The van der Waals surface area contributed by atoms with E-state index in [4.69, 9.17) is 11.6 Å². The molecule has 0 saturated carbocycles. The molecule has 0 radical (unpaired) electrons. The zero-order chi connectivity index (χ0) is 13.1. The van der Waals surface area contributed by atoms with E-state index in [-0.39, 0.29) is 23.5 Å². The molecule has 1 heterocycles. The Morgan fingerprint density at radius 1 is 1.50 bits per heavy atom. The molecule has 1 N–H and O–H groups in total. The first-order valence-electron chi connectivity index (χ1n) is 6.40. The number of halogens is 2. The van der Waals surface area contributed by atoms with Crippen molar-refractivity contribution >= 4 is 11.6 Å². The third-order valence-electron chi connectivity index (χ3n) is 3.79. The Morgan fingerprint density at radius 3 is 2.94 bits per heavy atom. The number of piperidine rings is 1. The molecular weight excluding hydrogens is 253 g/mol. The standard InChI is InChI=1S/C14H19ClFNO/c1-10-3-2-6-17(14(10)9-18)8-11-4-5-13(16)12(15)7-11/h4-5,7,10,14,18H,2-3,6,8-9H2,1H3. The van der Waals surface area contributed by atoms with Gasteiger partial charge in [-0.1, -0.05) is 24.6 Å². The van der Waals surface area contributed by atoms with Gasteiger partial charge in [-0.15, -0.1) is 0 Å². The van der Waals surface area contributed by atoms with Crippen LogP contribution in [0, 0.1) is 11.7 Å². The monoisotopic (exact) mass is 271 g/mol. The third kappa shape index (κ3) is 3.02. The summed E-state index contributed by atoms with van der Waals surface area (Å²) in [4.78, 5) is 2.26. The van der Waals surface area contributed by atoms with E-state index in [1.165, 1.54) is 6.07 Å². The third-order valence-corrected chi connectivity index (χ3v) is 4.08. The molecule has 1 fully saturated rings. The minimum atomic E-state index is -0.383. The van der Waals surface area contributed by atoms with Gasteiger partial charge in [-0.25, -0.2) is 4.39 Å². The zero-order valence-corrected chi connectivity index (χ0v) is 11.3. The molecule has 2 atom stereocenters. The molecule has 0 bridgehead atoms. The molecule has 0 aromatic heterocycles. The number of likely N-dealkylation sites (tertiary alicyclic amines) is 1. The molecule has 0 amide bonds. The molecule has 18 heavy (non-hydrogen) atoms. The molecule has 2 rings (SSSR count). The van der Waals surface area contributed by atoms with Gasteiger partial charge >= 0.3 is 0 Å². The molecule has 1 aromatic carbocycles. The molecule has 1 aromatic rings. The summed E-state index contributed by atoms with van der Waals surface area (Å²) >= 11 is 5.79. The minimum Gasteiger partial charge on any atom is -0.395 e. The van der Waals surface area contributed by atoms with Crippen molar-refractivity contribution < 1.29 is 9.50 Å². The number of aliphatic hydroxyl groups is 1. The summed E-state index contributed by atoms with van der Waals surface area (Å²) in [5, 5.41) is 9.65. The second kappa shape index (κ2) is 6.00. The van der Waals surface area contributed by atoms with Crippen molar-refractivity contribution in [2.45, 2.75) is 32.4 Å². The van der Waals surface area contributed by atoms with Crippen LogP contribution in [0.15, 0.2) is 18.2 Å². The van der Waals surface area contributed by atoms with Crippen LogP contribution >= 0.6 is 11.6 Å². The van der Waals surface area contributed by atoms with Gasteiger partial charge in [0, 0.05) is 12.6 Å². The van der Waals surface area contributed by atoms with Crippen LogP contribution in [0.1, 0.15) is 25.3 Å². The number of benzene rings is 1. The maximum atomic E-state index is 13.1. The van der Waals surface area contributed by atoms with E-state index in [0.717, 1.165) is 31.5 Å². The van der Waals surface area contributed by atoms with Gasteiger partial charge in [0.1, 0.15) is 5.82 Å². The van der Waals surface area contributed by atoms with Crippen LogP contribution < -0.4 is 0 Å². The highest BCUT2D eigenvalue weighted by atomic mass is 35.5. The van der Waals surface area contributed by atoms with Crippen LogP contribution in [0.25, 0.3) is 0 Å². The van der Waals surface area contributed by atoms with E-state index in [9.17, 15) is 9.50 Å². The highest BCUT2D eigenvalue weighted by Gasteiger charge is 2.27. The van der Waals surface area contributed by atoms with Gasteiger partial charge in [-0.05, 0) is 43.0 Å². The summed E-state index contributed by atoms with van der Waals surface area (Å²) in [7, 11) is 0. The molecule has 2 nitrogen and oxygen atoms in total. The van der Waals surface area contributed by atoms with Crippen molar-refractivity contribution in [1.82, 2.24) is 4.90 Å². The van der Waals surface area contributed by atoms with Gasteiger partial charge < -0.3 is 5.11 Å². The summed E-state index contributed by atoms with van der Waals surface area (Å²) in [5.41, 5.74) is 0.994. The normalized spacial score (nSPS) is 25.3. The van der Waals surface area contributed by atoms with Crippen molar-refractivity contribution in [3.63, 3.8) is 0 Å². The first-order chi connectivity index (χ1) is 8.61. The molecule has 1 aliphatic heterocycles. The smallest absolute Gasteiger partial charge is 0.141 e. The van der Waals surface area contributed by atoms with Crippen LogP contribution in [-0.4, -0.2) is 29.2 Å². The van der Waals surface area contributed by atoms with Crippen LogP contribution in [0.5, 0.6) is 0 Å². The number of aliphatic hydroxyl groups excluding tert-OH is 1. The number of hydrogen-bond acceptors (Lipinski definition) is 2. The maximum Gasteiger partial charge on any atom is 0.141 e.